The molecule has 1 heterocycles. The van der Waals surface area contributed by atoms with E-state index in [1.807, 2.05) is 18.2 Å². The third-order valence-corrected chi connectivity index (χ3v) is 2.05. The zero-order chi connectivity index (χ0) is 8.81. The van der Waals surface area contributed by atoms with Crippen LogP contribution < -0.4 is 5.32 Å². The zero-order valence-corrected chi connectivity index (χ0v) is 7.88. The maximum Gasteiger partial charge on any atom is 0.0541 e. The van der Waals surface area contributed by atoms with Gasteiger partial charge >= 0.3 is 0 Å². The van der Waals surface area contributed by atoms with Crippen molar-refractivity contribution in [2.24, 2.45) is 0 Å². The second-order valence-corrected chi connectivity index (χ2v) is 3.07. The van der Waals surface area contributed by atoms with E-state index in [4.69, 9.17) is 11.6 Å². The van der Waals surface area contributed by atoms with Gasteiger partial charge in [-0.1, -0.05) is 6.07 Å². The first kappa shape index (κ1) is 9.49. The average Bonchev–Trinajstić information content (AvgIpc) is 2.16. The Balaban J connectivity index is 2.33. The lowest BCUT2D eigenvalue weighted by molar-refractivity contribution is 0.586. The Hall–Kier alpha value is -0.600. The predicted octanol–water partition coefficient (Wildman–Crippen LogP) is 1.80. The van der Waals surface area contributed by atoms with Crippen molar-refractivity contribution in [3.63, 3.8) is 0 Å². The molecule has 1 atom stereocenters. The molecule has 0 spiro atoms. The second-order valence-electron chi connectivity index (χ2n) is 2.76. The molecule has 0 radical (unpaired) electrons. The van der Waals surface area contributed by atoms with Crippen molar-refractivity contribution in [2.75, 3.05) is 5.88 Å². The molecule has 2 nitrogen and oxygen atoms in total. The van der Waals surface area contributed by atoms with E-state index in [1.54, 1.807) is 6.20 Å². The van der Waals surface area contributed by atoms with E-state index in [-0.39, 0.29) is 0 Å². The lowest BCUT2D eigenvalue weighted by Gasteiger charge is -2.08. The molecule has 1 rings (SSSR count). The highest BCUT2D eigenvalue weighted by Gasteiger charge is 1.98. The Labute approximate surface area is 78.0 Å². The average molecular weight is 185 g/mol. The van der Waals surface area contributed by atoms with Crippen molar-refractivity contribution in [2.45, 2.75) is 19.5 Å². The Bertz CT molecular complexity index is 213. The number of halogens is 1. The summed E-state index contributed by atoms with van der Waals surface area (Å²) in [6, 6.07) is 6.23. The van der Waals surface area contributed by atoms with Crippen LogP contribution in [0.15, 0.2) is 24.4 Å². The minimum absolute atomic E-state index is 0.341. The molecule has 0 amide bonds. The van der Waals surface area contributed by atoms with Gasteiger partial charge in [0.05, 0.1) is 5.69 Å². The molecule has 0 aliphatic heterocycles. The minimum atomic E-state index is 0.341. The van der Waals surface area contributed by atoms with E-state index in [0.717, 1.165) is 12.2 Å². The van der Waals surface area contributed by atoms with Crippen LogP contribution in [0.3, 0.4) is 0 Å². The molecular weight excluding hydrogens is 172 g/mol. The van der Waals surface area contributed by atoms with Gasteiger partial charge in [0.2, 0.25) is 0 Å². The predicted molar refractivity (Wildman–Crippen MR) is 51.3 cm³/mol. The number of nitrogens with zero attached hydrogens (tertiary/aromatic N) is 1. The van der Waals surface area contributed by atoms with Gasteiger partial charge in [0.15, 0.2) is 0 Å². The van der Waals surface area contributed by atoms with Crippen LogP contribution in [0.25, 0.3) is 0 Å². The highest BCUT2D eigenvalue weighted by atomic mass is 35.5. The zero-order valence-electron chi connectivity index (χ0n) is 7.13. The molecule has 3 heteroatoms. The van der Waals surface area contributed by atoms with Gasteiger partial charge in [0.1, 0.15) is 0 Å². The number of hydrogen-bond donors (Lipinski definition) is 1. The standard InChI is InChI=1S/C9H13ClN2/c1-8(6-10)12-7-9-4-2-3-5-11-9/h2-5,8,12H,6-7H2,1H3. The van der Waals surface area contributed by atoms with Crippen molar-refractivity contribution in [3.8, 4) is 0 Å². The van der Waals surface area contributed by atoms with Crippen LogP contribution in [0.5, 0.6) is 0 Å². The van der Waals surface area contributed by atoms with Gasteiger partial charge in [0, 0.05) is 24.7 Å². The molecule has 0 saturated carbocycles. The van der Waals surface area contributed by atoms with Gasteiger partial charge in [0.25, 0.3) is 0 Å². The molecule has 0 saturated heterocycles. The van der Waals surface area contributed by atoms with Gasteiger partial charge in [-0.05, 0) is 19.1 Å². The van der Waals surface area contributed by atoms with E-state index in [0.29, 0.717) is 11.9 Å². The summed E-state index contributed by atoms with van der Waals surface area (Å²) >= 11 is 5.64. The first-order chi connectivity index (χ1) is 5.83. The summed E-state index contributed by atoms with van der Waals surface area (Å²) in [4.78, 5) is 4.18. The molecule has 0 aliphatic carbocycles. The molecule has 12 heavy (non-hydrogen) atoms. The summed E-state index contributed by atoms with van der Waals surface area (Å²) in [6.45, 7) is 2.84. The Morgan fingerprint density at radius 1 is 1.58 bits per heavy atom. The van der Waals surface area contributed by atoms with Gasteiger partial charge in [-0.3, -0.25) is 4.98 Å². The topological polar surface area (TPSA) is 24.9 Å². The van der Waals surface area contributed by atoms with E-state index in [9.17, 15) is 0 Å². The Morgan fingerprint density at radius 3 is 3.00 bits per heavy atom. The van der Waals surface area contributed by atoms with Crippen LogP contribution in [0, 0.1) is 0 Å². The normalized spacial score (nSPS) is 12.8. The lowest BCUT2D eigenvalue weighted by atomic mass is 10.3. The summed E-state index contributed by atoms with van der Waals surface area (Å²) in [7, 11) is 0. The highest BCUT2D eigenvalue weighted by Crippen LogP contribution is 1.94. The highest BCUT2D eigenvalue weighted by molar-refractivity contribution is 6.18. The van der Waals surface area contributed by atoms with Crippen LogP contribution in [0.4, 0.5) is 0 Å². The summed E-state index contributed by atoms with van der Waals surface area (Å²) < 4.78 is 0. The van der Waals surface area contributed by atoms with Crippen molar-refractivity contribution >= 4 is 11.6 Å². The fourth-order valence-corrected chi connectivity index (χ4v) is 0.945. The smallest absolute Gasteiger partial charge is 0.0541 e. The van der Waals surface area contributed by atoms with Gasteiger partial charge in [-0.2, -0.15) is 0 Å². The van der Waals surface area contributed by atoms with Crippen LogP contribution in [-0.2, 0) is 6.54 Å². The molecule has 1 unspecified atom stereocenters. The maximum absolute atomic E-state index is 5.64. The summed E-state index contributed by atoms with van der Waals surface area (Å²) in [5.74, 6) is 0.632. The third kappa shape index (κ3) is 3.20. The van der Waals surface area contributed by atoms with Crippen LogP contribution in [0.1, 0.15) is 12.6 Å². The third-order valence-electron chi connectivity index (χ3n) is 1.59. The Kier molecular flexibility index (Phi) is 4.05. The van der Waals surface area contributed by atoms with E-state index in [2.05, 4.69) is 17.2 Å². The maximum atomic E-state index is 5.64. The quantitative estimate of drug-likeness (QED) is 0.722. The first-order valence-electron chi connectivity index (χ1n) is 4.02. The first-order valence-corrected chi connectivity index (χ1v) is 4.55. The second kappa shape index (κ2) is 5.12. The van der Waals surface area contributed by atoms with Gasteiger partial charge in [-0.15, -0.1) is 11.6 Å². The van der Waals surface area contributed by atoms with Crippen molar-refractivity contribution in [3.05, 3.63) is 30.1 Å². The molecule has 0 bridgehead atoms. The number of hydrogen-bond acceptors (Lipinski definition) is 2. The summed E-state index contributed by atoms with van der Waals surface area (Å²) in [5.41, 5.74) is 1.05. The van der Waals surface area contributed by atoms with Crippen molar-refractivity contribution in [1.82, 2.24) is 10.3 Å². The molecule has 0 aromatic carbocycles. The monoisotopic (exact) mass is 184 g/mol. The summed E-state index contributed by atoms with van der Waals surface area (Å²) in [5, 5.41) is 3.25. The van der Waals surface area contributed by atoms with Gasteiger partial charge < -0.3 is 5.32 Å². The van der Waals surface area contributed by atoms with Gasteiger partial charge in [-0.25, -0.2) is 0 Å². The summed E-state index contributed by atoms with van der Waals surface area (Å²) in [6.07, 6.45) is 1.79. The van der Waals surface area contributed by atoms with E-state index < -0.39 is 0 Å². The number of aromatic nitrogens is 1. The molecule has 1 N–H and O–H groups in total. The van der Waals surface area contributed by atoms with Crippen LogP contribution in [0.2, 0.25) is 0 Å². The molecule has 1 aromatic heterocycles. The number of nitrogens with one attached hydrogen (secondary N) is 1. The number of pyridine rings is 1. The fourth-order valence-electron chi connectivity index (χ4n) is 0.836. The number of alkyl halides is 1. The van der Waals surface area contributed by atoms with E-state index >= 15 is 0 Å². The number of rotatable bonds is 4. The van der Waals surface area contributed by atoms with Crippen molar-refractivity contribution < 1.29 is 0 Å². The molecule has 0 aliphatic rings. The van der Waals surface area contributed by atoms with E-state index in [1.165, 1.54) is 0 Å². The largest absolute Gasteiger partial charge is 0.307 e. The molecule has 0 fully saturated rings. The molecular formula is C9H13ClN2. The lowest BCUT2D eigenvalue weighted by Crippen LogP contribution is -2.27. The SMILES string of the molecule is CC(CCl)NCc1ccccn1. The molecule has 66 valence electrons. The molecule has 1 aromatic rings. The van der Waals surface area contributed by atoms with Crippen LogP contribution in [-0.4, -0.2) is 16.9 Å². The van der Waals surface area contributed by atoms with Crippen molar-refractivity contribution in [1.29, 1.82) is 0 Å². The minimum Gasteiger partial charge on any atom is -0.307 e. The fraction of sp³-hybridized carbons (Fsp3) is 0.444. The Morgan fingerprint density at radius 2 is 2.42 bits per heavy atom. The van der Waals surface area contributed by atoms with Crippen LogP contribution >= 0.6 is 11.6 Å².